The maximum atomic E-state index is 12.2. The molecule has 6 nitrogen and oxygen atoms in total. The first-order valence-electron chi connectivity index (χ1n) is 6.10. The number of aromatic nitrogens is 3. The van der Waals surface area contributed by atoms with Crippen molar-refractivity contribution >= 4 is 22.6 Å². The molecule has 3 rings (SSSR count). The maximum absolute atomic E-state index is 12.2. The SMILES string of the molecule is Cc1nc(C)c(C(=O)Nc2ncnc3ccccc23)o1. The van der Waals surface area contributed by atoms with Gasteiger partial charge in [0.05, 0.1) is 11.2 Å². The normalized spacial score (nSPS) is 10.7. The molecule has 0 saturated heterocycles. The van der Waals surface area contributed by atoms with Crippen LogP contribution in [0.2, 0.25) is 0 Å². The van der Waals surface area contributed by atoms with Crippen LogP contribution < -0.4 is 5.32 Å². The van der Waals surface area contributed by atoms with Crippen molar-refractivity contribution in [3.05, 3.63) is 47.9 Å². The molecule has 6 heteroatoms. The molecular formula is C14H12N4O2. The number of oxazole rings is 1. The van der Waals surface area contributed by atoms with E-state index in [1.54, 1.807) is 13.8 Å². The van der Waals surface area contributed by atoms with Gasteiger partial charge in [0.25, 0.3) is 5.91 Å². The van der Waals surface area contributed by atoms with Crippen molar-refractivity contribution in [3.63, 3.8) is 0 Å². The monoisotopic (exact) mass is 268 g/mol. The topological polar surface area (TPSA) is 80.9 Å². The third-order valence-corrected chi connectivity index (χ3v) is 2.88. The molecule has 0 bridgehead atoms. The fourth-order valence-electron chi connectivity index (χ4n) is 2.01. The van der Waals surface area contributed by atoms with Crippen molar-refractivity contribution in [1.29, 1.82) is 0 Å². The Kier molecular flexibility index (Phi) is 2.90. The summed E-state index contributed by atoms with van der Waals surface area (Å²) in [5, 5.41) is 3.51. The molecule has 3 aromatic rings. The molecule has 1 N–H and O–H groups in total. The molecule has 2 heterocycles. The molecule has 1 amide bonds. The van der Waals surface area contributed by atoms with Crippen LogP contribution in [0.5, 0.6) is 0 Å². The van der Waals surface area contributed by atoms with Gasteiger partial charge in [-0.05, 0) is 19.1 Å². The minimum Gasteiger partial charge on any atom is -0.436 e. The molecule has 2 aromatic heterocycles. The van der Waals surface area contributed by atoms with Crippen molar-refractivity contribution < 1.29 is 9.21 Å². The minimum atomic E-state index is -0.369. The quantitative estimate of drug-likeness (QED) is 0.772. The lowest BCUT2D eigenvalue weighted by Gasteiger charge is -2.05. The molecule has 0 aliphatic heterocycles. The van der Waals surface area contributed by atoms with E-state index in [-0.39, 0.29) is 11.7 Å². The first kappa shape index (κ1) is 12.3. The predicted octanol–water partition coefficient (Wildman–Crippen LogP) is 2.49. The summed E-state index contributed by atoms with van der Waals surface area (Å²) >= 11 is 0. The fourth-order valence-corrected chi connectivity index (χ4v) is 2.01. The summed E-state index contributed by atoms with van der Waals surface area (Å²) in [6, 6.07) is 7.45. The molecule has 0 fully saturated rings. The lowest BCUT2D eigenvalue weighted by Crippen LogP contribution is -2.13. The summed E-state index contributed by atoms with van der Waals surface area (Å²) in [6.07, 6.45) is 1.41. The van der Waals surface area contributed by atoms with Crippen LogP contribution in [0.15, 0.2) is 35.0 Å². The van der Waals surface area contributed by atoms with Gasteiger partial charge in [-0.1, -0.05) is 12.1 Å². The summed E-state index contributed by atoms with van der Waals surface area (Å²) in [4.78, 5) is 24.5. The van der Waals surface area contributed by atoms with Gasteiger partial charge in [-0.15, -0.1) is 0 Å². The summed E-state index contributed by atoms with van der Waals surface area (Å²) in [7, 11) is 0. The van der Waals surface area contributed by atoms with Crippen LogP contribution in [0.3, 0.4) is 0 Å². The fraction of sp³-hybridized carbons (Fsp3) is 0.143. The van der Waals surface area contributed by atoms with E-state index in [0.717, 1.165) is 10.9 Å². The first-order valence-corrected chi connectivity index (χ1v) is 6.10. The summed E-state index contributed by atoms with van der Waals surface area (Å²) < 4.78 is 5.29. The Balaban J connectivity index is 1.97. The Morgan fingerprint density at radius 2 is 2.00 bits per heavy atom. The maximum Gasteiger partial charge on any atom is 0.294 e. The van der Waals surface area contributed by atoms with Crippen LogP contribution in [0.1, 0.15) is 22.1 Å². The van der Waals surface area contributed by atoms with Crippen molar-refractivity contribution in [2.24, 2.45) is 0 Å². The highest BCUT2D eigenvalue weighted by Gasteiger charge is 2.17. The van der Waals surface area contributed by atoms with Crippen LogP contribution in [0, 0.1) is 13.8 Å². The van der Waals surface area contributed by atoms with Crippen molar-refractivity contribution in [3.8, 4) is 0 Å². The second-order valence-electron chi connectivity index (χ2n) is 4.34. The Labute approximate surface area is 114 Å². The highest BCUT2D eigenvalue weighted by atomic mass is 16.4. The highest BCUT2D eigenvalue weighted by Crippen LogP contribution is 2.19. The van der Waals surface area contributed by atoms with E-state index in [4.69, 9.17) is 4.42 Å². The lowest BCUT2D eigenvalue weighted by molar-refractivity contribution is 0.0994. The number of nitrogens with one attached hydrogen (secondary N) is 1. The molecule has 1 aromatic carbocycles. The van der Waals surface area contributed by atoms with Crippen LogP contribution in [-0.2, 0) is 0 Å². The number of benzene rings is 1. The van der Waals surface area contributed by atoms with E-state index in [0.29, 0.717) is 17.4 Å². The van der Waals surface area contributed by atoms with Gasteiger partial charge in [-0.2, -0.15) is 0 Å². The average molecular weight is 268 g/mol. The standard InChI is InChI=1S/C14H12N4O2/c1-8-12(20-9(2)17-8)14(19)18-13-10-5-3-4-6-11(10)15-7-16-13/h3-7H,1-2H3,(H,15,16,18,19). The zero-order chi connectivity index (χ0) is 14.1. The van der Waals surface area contributed by atoms with Gasteiger partial charge < -0.3 is 9.73 Å². The van der Waals surface area contributed by atoms with E-state index in [1.165, 1.54) is 6.33 Å². The van der Waals surface area contributed by atoms with Crippen molar-refractivity contribution in [2.75, 3.05) is 5.32 Å². The number of carbonyl (C=O) groups excluding carboxylic acids is 1. The highest BCUT2D eigenvalue weighted by molar-refractivity contribution is 6.06. The molecule has 0 unspecified atom stereocenters. The molecule has 20 heavy (non-hydrogen) atoms. The van der Waals surface area contributed by atoms with E-state index in [9.17, 15) is 4.79 Å². The molecule has 0 aliphatic rings. The Hall–Kier alpha value is -2.76. The number of nitrogens with zero attached hydrogens (tertiary/aromatic N) is 3. The van der Waals surface area contributed by atoms with Gasteiger partial charge >= 0.3 is 0 Å². The second kappa shape index (κ2) is 4.73. The second-order valence-corrected chi connectivity index (χ2v) is 4.34. The van der Waals surface area contributed by atoms with E-state index in [2.05, 4.69) is 20.3 Å². The van der Waals surface area contributed by atoms with Crippen LogP contribution in [0.4, 0.5) is 5.82 Å². The van der Waals surface area contributed by atoms with Gasteiger partial charge in [0.2, 0.25) is 5.76 Å². The largest absolute Gasteiger partial charge is 0.436 e. The number of fused-ring (bicyclic) bond motifs is 1. The summed E-state index contributed by atoms with van der Waals surface area (Å²) in [6.45, 7) is 3.42. The molecule has 100 valence electrons. The number of anilines is 1. The molecule has 0 aliphatic carbocycles. The predicted molar refractivity (Wildman–Crippen MR) is 73.5 cm³/mol. The van der Waals surface area contributed by atoms with Gasteiger partial charge in [0, 0.05) is 12.3 Å². The van der Waals surface area contributed by atoms with Gasteiger partial charge in [-0.3, -0.25) is 4.79 Å². The van der Waals surface area contributed by atoms with Crippen molar-refractivity contribution in [2.45, 2.75) is 13.8 Å². The average Bonchev–Trinajstić information content (AvgIpc) is 2.78. The van der Waals surface area contributed by atoms with E-state index >= 15 is 0 Å². The third kappa shape index (κ3) is 2.11. The Morgan fingerprint density at radius 1 is 1.20 bits per heavy atom. The number of para-hydroxylation sites is 1. The molecule has 0 radical (unpaired) electrons. The van der Waals surface area contributed by atoms with Crippen LogP contribution in [-0.4, -0.2) is 20.9 Å². The lowest BCUT2D eigenvalue weighted by atomic mass is 10.2. The number of aryl methyl sites for hydroxylation is 2. The van der Waals surface area contributed by atoms with Gasteiger partial charge in [-0.25, -0.2) is 15.0 Å². The number of amides is 1. The Bertz CT molecular complexity index is 789. The molecular weight excluding hydrogens is 256 g/mol. The molecule has 0 atom stereocenters. The van der Waals surface area contributed by atoms with Gasteiger partial charge in [0.1, 0.15) is 12.1 Å². The number of rotatable bonds is 2. The zero-order valence-electron chi connectivity index (χ0n) is 11.0. The van der Waals surface area contributed by atoms with E-state index < -0.39 is 0 Å². The molecule has 0 spiro atoms. The molecule has 0 saturated carbocycles. The van der Waals surface area contributed by atoms with Crippen molar-refractivity contribution in [1.82, 2.24) is 15.0 Å². The minimum absolute atomic E-state index is 0.199. The number of hydrogen-bond donors (Lipinski definition) is 1. The van der Waals surface area contributed by atoms with E-state index in [1.807, 2.05) is 24.3 Å². The third-order valence-electron chi connectivity index (χ3n) is 2.88. The smallest absolute Gasteiger partial charge is 0.294 e. The Morgan fingerprint density at radius 3 is 2.75 bits per heavy atom. The summed E-state index contributed by atoms with van der Waals surface area (Å²) in [5.41, 5.74) is 1.32. The van der Waals surface area contributed by atoms with Crippen LogP contribution in [0.25, 0.3) is 10.9 Å². The summed E-state index contributed by atoms with van der Waals surface area (Å²) in [5.74, 6) is 0.742. The zero-order valence-corrected chi connectivity index (χ0v) is 11.0. The van der Waals surface area contributed by atoms with Gasteiger partial charge in [0.15, 0.2) is 5.89 Å². The first-order chi connectivity index (χ1) is 9.65. The number of carbonyl (C=O) groups is 1. The van der Waals surface area contributed by atoms with Crippen LogP contribution >= 0.6 is 0 Å². The number of hydrogen-bond acceptors (Lipinski definition) is 5.